The molecule has 1 aromatic carbocycles. The quantitative estimate of drug-likeness (QED) is 0.617. The molecular formula is C16H24N2O3. The number of esters is 1. The summed E-state index contributed by atoms with van der Waals surface area (Å²) in [5.74, 6) is 0.301. The largest absolute Gasteiger partial charge is 0.465 e. The molecule has 0 bridgehead atoms. The van der Waals surface area contributed by atoms with E-state index in [0.29, 0.717) is 36.4 Å². The van der Waals surface area contributed by atoms with Crippen LogP contribution in [0.1, 0.15) is 30.1 Å². The highest BCUT2D eigenvalue weighted by Gasteiger charge is 2.34. The average molecular weight is 292 g/mol. The summed E-state index contributed by atoms with van der Waals surface area (Å²) in [5, 5.41) is 0. The molecule has 0 spiro atoms. The van der Waals surface area contributed by atoms with Gasteiger partial charge in [0.1, 0.15) is 0 Å². The molecule has 1 aliphatic rings. The van der Waals surface area contributed by atoms with E-state index in [2.05, 4.69) is 11.8 Å². The predicted molar refractivity (Wildman–Crippen MR) is 83.6 cm³/mol. The van der Waals surface area contributed by atoms with Crippen LogP contribution in [0, 0.1) is 5.92 Å². The maximum absolute atomic E-state index is 12.0. The number of hydrogen-bond acceptors (Lipinski definition) is 5. The third-order valence-corrected chi connectivity index (χ3v) is 4.09. The van der Waals surface area contributed by atoms with Crippen LogP contribution in [0.5, 0.6) is 0 Å². The lowest BCUT2D eigenvalue weighted by Gasteiger charge is -2.33. The lowest BCUT2D eigenvalue weighted by molar-refractivity contribution is 0.0601. The molecule has 0 saturated heterocycles. The van der Waals surface area contributed by atoms with Crippen molar-refractivity contribution in [2.75, 3.05) is 38.0 Å². The van der Waals surface area contributed by atoms with E-state index >= 15 is 0 Å². The molecule has 1 saturated carbocycles. The monoisotopic (exact) mass is 292 g/mol. The van der Waals surface area contributed by atoms with Crippen LogP contribution in [0.2, 0.25) is 0 Å². The Bertz CT molecular complexity index is 500. The maximum atomic E-state index is 12.0. The Labute approximate surface area is 126 Å². The lowest BCUT2D eigenvalue weighted by Crippen LogP contribution is -2.38. The lowest BCUT2D eigenvalue weighted by atomic mass is 10.1. The minimum absolute atomic E-state index is 0.327. The van der Waals surface area contributed by atoms with E-state index in [4.69, 9.17) is 15.2 Å². The van der Waals surface area contributed by atoms with E-state index in [1.54, 1.807) is 19.2 Å². The Hall–Kier alpha value is -1.75. The Morgan fingerprint density at radius 3 is 2.71 bits per heavy atom. The number of para-hydroxylation sites is 1. The summed E-state index contributed by atoms with van der Waals surface area (Å²) in [6.45, 7) is 3.47. The van der Waals surface area contributed by atoms with Gasteiger partial charge in [-0.25, -0.2) is 4.79 Å². The summed E-state index contributed by atoms with van der Waals surface area (Å²) >= 11 is 0. The second-order valence-corrected chi connectivity index (χ2v) is 5.50. The minimum Gasteiger partial charge on any atom is -0.465 e. The van der Waals surface area contributed by atoms with Crippen molar-refractivity contribution in [3.05, 3.63) is 23.8 Å². The molecule has 2 rings (SSSR count). The first-order valence-corrected chi connectivity index (χ1v) is 7.32. The number of nitrogens with zero attached hydrogens (tertiary/aromatic N) is 1. The standard InChI is InChI=1S/C16H24N2O3/c1-11(12-7-8-12)18(9-10-20-2)15-13(16(19)21-3)5-4-6-14(15)17/h4-6,11-12H,7-10,17H2,1-3H3. The fraction of sp³-hybridized carbons (Fsp3) is 0.562. The summed E-state index contributed by atoms with van der Waals surface area (Å²) in [4.78, 5) is 14.2. The van der Waals surface area contributed by atoms with E-state index in [-0.39, 0.29) is 5.97 Å². The van der Waals surface area contributed by atoms with Gasteiger partial charge in [-0.1, -0.05) is 6.07 Å². The zero-order chi connectivity index (χ0) is 15.4. The van der Waals surface area contributed by atoms with Crippen molar-refractivity contribution in [2.45, 2.75) is 25.8 Å². The van der Waals surface area contributed by atoms with Crippen molar-refractivity contribution in [2.24, 2.45) is 5.92 Å². The SMILES string of the molecule is COCCN(c1c(N)cccc1C(=O)OC)C(C)C1CC1. The third kappa shape index (κ3) is 3.47. The van der Waals surface area contributed by atoms with Crippen LogP contribution in [0.25, 0.3) is 0 Å². The topological polar surface area (TPSA) is 64.8 Å². The Balaban J connectivity index is 2.39. The van der Waals surface area contributed by atoms with E-state index in [9.17, 15) is 4.79 Å². The number of hydrogen-bond donors (Lipinski definition) is 1. The number of methoxy groups -OCH3 is 2. The van der Waals surface area contributed by atoms with Crippen LogP contribution < -0.4 is 10.6 Å². The summed E-state index contributed by atoms with van der Waals surface area (Å²) in [5.41, 5.74) is 8.03. The van der Waals surface area contributed by atoms with Crippen LogP contribution in [0.3, 0.4) is 0 Å². The molecule has 21 heavy (non-hydrogen) atoms. The van der Waals surface area contributed by atoms with Gasteiger partial charge in [0.25, 0.3) is 0 Å². The number of carbonyl (C=O) groups is 1. The number of rotatable bonds is 7. The van der Waals surface area contributed by atoms with Crippen molar-refractivity contribution in [1.29, 1.82) is 0 Å². The molecule has 5 heteroatoms. The molecule has 0 aliphatic heterocycles. The van der Waals surface area contributed by atoms with E-state index in [1.165, 1.54) is 20.0 Å². The van der Waals surface area contributed by atoms with Crippen LogP contribution in [-0.4, -0.2) is 39.4 Å². The Morgan fingerprint density at radius 2 is 2.14 bits per heavy atom. The number of carbonyl (C=O) groups excluding carboxylic acids is 1. The van der Waals surface area contributed by atoms with Gasteiger partial charge in [0.05, 0.1) is 30.7 Å². The number of anilines is 2. The van der Waals surface area contributed by atoms with Crippen LogP contribution in [-0.2, 0) is 9.47 Å². The minimum atomic E-state index is -0.359. The highest BCUT2D eigenvalue weighted by atomic mass is 16.5. The van der Waals surface area contributed by atoms with Crippen molar-refractivity contribution >= 4 is 17.3 Å². The Morgan fingerprint density at radius 1 is 1.43 bits per heavy atom. The smallest absolute Gasteiger partial charge is 0.340 e. The van der Waals surface area contributed by atoms with Gasteiger partial charge in [0.15, 0.2) is 0 Å². The van der Waals surface area contributed by atoms with E-state index < -0.39 is 0 Å². The van der Waals surface area contributed by atoms with E-state index in [1.807, 2.05) is 6.07 Å². The molecule has 116 valence electrons. The molecule has 0 aromatic heterocycles. The average Bonchev–Trinajstić information content (AvgIpc) is 3.32. The van der Waals surface area contributed by atoms with Gasteiger partial charge in [0.2, 0.25) is 0 Å². The normalized spacial score (nSPS) is 15.6. The van der Waals surface area contributed by atoms with Crippen molar-refractivity contribution in [3.8, 4) is 0 Å². The van der Waals surface area contributed by atoms with Gasteiger partial charge >= 0.3 is 5.97 Å². The fourth-order valence-electron chi connectivity index (χ4n) is 2.70. The van der Waals surface area contributed by atoms with Crippen LogP contribution >= 0.6 is 0 Å². The van der Waals surface area contributed by atoms with Crippen LogP contribution in [0.15, 0.2) is 18.2 Å². The molecule has 0 radical (unpaired) electrons. The molecule has 0 heterocycles. The second-order valence-electron chi connectivity index (χ2n) is 5.50. The number of benzene rings is 1. The first-order chi connectivity index (χ1) is 10.1. The zero-order valence-electron chi connectivity index (χ0n) is 13.0. The predicted octanol–water partition coefficient (Wildman–Crippen LogP) is 2.31. The van der Waals surface area contributed by atoms with E-state index in [0.717, 1.165) is 5.69 Å². The molecule has 1 fully saturated rings. The second kappa shape index (κ2) is 6.80. The number of nitrogens with two attached hydrogens (primary N) is 1. The first kappa shape index (κ1) is 15.6. The van der Waals surface area contributed by atoms with Crippen molar-refractivity contribution in [1.82, 2.24) is 0 Å². The molecule has 5 nitrogen and oxygen atoms in total. The summed E-state index contributed by atoms with van der Waals surface area (Å²) in [6.07, 6.45) is 2.45. The van der Waals surface area contributed by atoms with Crippen LogP contribution in [0.4, 0.5) is 11.4 Å². The molecule has 1 atom stereocenters. The third-order valence-electron chi connectivity index (χ3n) is 4.09. The summed E-state index contributed by atoms with van der Waals surface area (Å²) in [7, 11) is 3.06. The molecule has 1 unspecified atom stereocenters. The first-order valence-electron chi connectivity index (χ1n) is 7.32. The van der Waals surface area contributed by atoms with Gasteiger partial charge in [-0.05, 0) is 37.8 Å². The summed E-state index contributed by atoms with van der Waals surface area (Å²) in [6, 6.07) is 5.69. The van der Waals surface area contributed by atoms with Gasteiger partial charge in [-0.15, -0.1) is 0 Å². The van der Waals surface area contributed by atoms with Gasteiger partial charge in [0, 0.05) is 19.7 Å². The molecule has 2 N–H and O–H groups in total. The highest BCUT2D eigenvalue weighted by Crippen LogP contribution is 2.39. The summed E-state index contributed by atoms with van der Waals surface area (Å²) < 4.78 is 10.1. The maximum Gasteiger partial charge on any atom is 0.340 e. The number of nitrogen functional groups attached to an aromatic ring is 1. The van der Waals surface area contributed by atoms with Gasteiger partial charge < -0.3 is 20.1 Å². The highest BCUT2D eigenvalue weighted by molar-refractivity contribution is 5.99. The van der Waals surface area contributed by atoms with Crippen molar-refractivity contribution in [3.63, 3.8) is 0 Å². The molecule has 1 aromatic rings. The molecule has 1 aliphatic carbocycles. The molecule has 0 amide bonds. The zero-order valence-corrected chi connectivity index (χ0v) is 13.0. The Kier molecular flexibility index (Phi) is 5.07. The number of ether oxygens (including phenoxy) is 2. The fourth-order valence-corrected chi connectivity index (χ4v) is 2.70. The van der Waals surface area contributed by atoms with Crippen molar-refractivity contribution < 1.29 is 14.3 Å². The molecular weight excluding hydrogens is 268 g/mol. The van der Waals surface area contributed by atoms with Gasteiger partial charge in [-0.2, -0.15) is 0 Å². The van der Waals surface area contributed by atoms with Gasteiger partial charge in [-0.3, -0.25) is 0 Å².